The molecule has 0 amide bonds. The van der Waals surface area contributed by atoms with Crippen LogP contribution < -0.4 is 9.64 Å². The number of hydrogen-bond acceptors (Lipinski definition) is 6. The molecule has 0 N–H and O–H groups in total. The zero-order valence-electron chi connectivity index (χ0n) is 22.0. The summed E-state index contributed by atoms with van der Waals surface area (Å²) in [6, 6.07) is 17.7. The molecule has 0 aliphatic carbocycles. The lowest BCUT2D eigenvalue weighted by molar-refractivity contribution is -0.137. The van der Waals surface area contributed by atoms with Gasteiger partial charge in [-0.1, -0.05) is 36.4 Å². The highest BCUT2D eigenvalue weighted by atomic mass is 32.2. The first-order chi connectivity index (χ1) is 18.8. The Hall–Kier alpha value is -3.13. The van der Waals surface area contributed by atoms with Crippen molar-refractivity contribution >= 4 is 25.7 Å². The highest BCUT2D eigenvalue weighted by Crippen LogP contribution is 2.34. The van der Waals surface area contributed by atoms with Gasteiger partial charge in [-0.25, -0.2) is 21.1 Å². The summed E-state index contributed by atoms with van der Waals surface area (Å²) >= 11 is 0. The molecule has 1 heterocycles. The fourth-order valence-electron chi connectivity index (χ4n) is 4.46. The summed E-state index contributed by atoms with van der Waals surface area (Å²) < 4.78 is 100. The predicted octanol–water partition coefficient (Wildman–Crippen LogP) is 4.09. The van der Waals surface area contributed by atoms with Gasteiger partial charge in [0.25, 0.3) is 0 Å². The number of alkyl halides is 3. The van der Waals surface area contributed by atoms with Crippen LogP contribution in [-0.4, -0.2) is 72.3 Å². The maximum absolute atomic E-state index is 13.3. The quantitative estimate of drug-likeness (QED) is 0.370. The van der Waals surface area contributed by atoms with Crippen LogP contribution in [0.4, 0.5) is 18.9 Å². The topological polar surface area (TPSA) is 87.2 Å². The van der Waals surface area contributed by atoms with Crippen molar-refractivity contribution in [2.24, 2.45) is 0 Å². The number of anilines is 1. The Morgan fingerprint density at radius 2 is 1.52 bits per heavy atom. The van der Waals surface area contributed by atoms with Crippen LogP contribution in [0.2, 0.25) is 0 Å². The lowest BCUT2D eigenvalue weighted by Gasteiger charge is -2.36. The van der Waals surface area contributed by atoms with Crippen LogP contribution in [-0.2, 0) is 32.6 Å². The van der Waals surface area contributed by atoms with Gasteiger partial charge < -0.3 is 9.64 Å². The van der Waals surface area contributed by atoms with E-state index < -0.39 is 36.7 Å². The van der Waals surface area contributed by atoms with Gasteiger partial charge in [-0.3, -0.25) is 0 Å². The number of ether oxygens (including phenoxy) is 1. The van der Waals surface area contributed by atoms with Gasteiger partial charge in [0.1, 0.15) is 5.75 Å². The lowest BCUT2D eigenvalue weighted by atomic mass is 10.2. The van der Waals surface area contributed by atoms with Crippen molar-refractivity contribution in [1.82, 2.24) is 8.61 Å². The second-order valence-electron chi connectivity index (χ2n) is 9.31. The second-order valence-corrected chi connectivity index (χ2v) is 13.3. The molecule has 8 nitrogen and oxygen atoms in total. The lowest BCUT2D eigenvalue weighted by Crippen LogP contribution is -2.48. The standard InChI is InChI=1S/C27H30F3N3O5S2/c1-31(14-13-21-7-4-3-5-8-21)39(34,35)24-11-12-26(38-2)25(20-24)32-15-17-33(18-16-32)40(36,37)23-10-6-9-22(19-23)27(28,29)30/h3-12,19-20H,13-18H2,1-2H3. The fourth-order valence-corrected chi connectivity index (χ4v) is 7.12. The van der Waals surface area contributed by atoms with E-state index in [0.717, 1.165) is 28.1 Å². The van der Waals surface area contributed by atoms with Gasteiger partial charge in [0, 0.05) is 39.8 Å². The molecule has 40 heavy (non-hydrogen) atoms. The molecule has 3 aromatic carbocycles. The van der Waals surface area contributed by atoms with Crippen LogP contribution in [0.25, 0.3) is 0 Å². The molecule has 0 unspecified atom stereocenters. The van der Waals surface area contributed by atoms with E-state index in [1.165, 1.54) is 30.6 Å². The third-order valence-electron chi connectivity index (χ3n) is 6.80. The zero-order valence-corrected chi connectivity index (χ0v) is 23.6. The van der Waals surface area contributed by atoms with Gasteiger partial charge >= 0.3 is 6.18 Å². The van der Waals surface area contributed by atoms with E-state index in [2.05, 4.69) is 0 Å². The number of piperazine rings is 1. The molecule has 0 bridgehead atoms. The molecule has 1 fully saturated rings. The van der Waals surface area contributed by atoms with E-state index in [0.29, 0.717) is 23.9 Å². The number of hydrogen-bond donors (Lipinski definition) is 0. The first-order valence-corrected chi connectivity index (χ1v) is 15.3. The van der Waals surface area contributed by atoms with Crippen LogP contribution >= 0.6 is 0 Å². The van der Waals surface area contributed by atoms with Gasteiger partial charge in [0.05, 0.1) is 28.2 Å². The number of nitrogens with zero attached hydrogens (tertiary/aromatic N) is 3. The van der Waals surface area contributed by atoms with Crippen LogP contribution in [0, 0.1) is 0 Å². The van der Waals surface area contributed by atoms with E-state index in [-0.39, 0.29) is 37.6 Å². The van der Waals surface area contributed by atoms with Gasteiger partial charge in [-0.2, -0.15) is 17.5 Å². The summed E-state index contributed by atoms with van der Waals surface area (Å²) in [7, 11) is -5.03. The van der Waals surface area contributed by atoms with Crippen molar-refractivity contribution in [3.05, 3.63) is 83.9 Å². The minimum absolute atomic E-state index is 0.00428. The zero-order chi connectivity index (χ0) is 29.1. The van der Waals surface area contributed by atoms with Crippen molar-refractivity contribution < 1.29 is 34.7 Å². The average molecular weight is 598 g/mol. The summed E-state index contributed by atoms with van der Waals surface area (Å²) in [6.07, 6.45) is -4.12. The van der Waals surface area contributed by atoms with Crippen LogP contribution in [0.5, 0.6) is 5.75 Å². The molecule has 0 saturated carbocycles. The summed E-state index contributed by atoms with van der Waals surface area (Å²) in [5, 5.41) is 0. The molecule has 216 valence electrons. The van der Waals surface area contributed by atoms with Crippen LogP contribution in [0.3, 0.4) is 0 Å². The van der Waals surface area contributed by atoms with Gasteiger partial charge in [0.15, 0.2) is 0 Å². The van der Waals surface area contributed by atoms with Crippen LogP contribution in [0.15, 0.2) is 82.6 Å². The Bertz CT molecular complexity index is 1540. The normalized spacial score (nSPS) is 15.4. The molecule has 1 saturated heterocycles. The molecule has 1 aliphatic rings. The monoisotopic (exact) mass is 597 g/mol. The SMILES string of the molecule is COc1ccc(S(=O)(=O)N(C)CCc2ccccc2)cc1N1CCN(S(=O)(=O)c2cccc(C(F)(F)F)c2)CC1. The van der Waals surface area contributed by atoms with Crippen LogP contribution in [0.1, 0.15) is 11.1 Å². The molecule has 4 rings (SSSR count). The van der Waals surface area contributed by atoms with Gasteiger partial charge in [-0.15, -0.1) is 0 Å². The Morgan fingerprint density at radius 3 is 2.15 bits per heavy atom. The largest absolute Gasteiger partial charge is 0.495 e. The van der Waals surface area contributed by atoms with E-state index in [9.17, 15) is 30.0 Å². The van der Waals surface area contributed by atoms with Crippen molar-refractivity contribution in [3.8, 4) is 5.75 Å². The number of sulfonamides is 2. The predicted molar refractivity (Wildman–Crippen MR) is 145 cm³/mol. The first kappa shape index (κ1) is 29.8. The first-order valence-electron chi connectivity index (χ1n) is 12.4. The molecule has 0 spiro atoms. The van der Waals surface area contributed by atoms with Gasteiger partial charge in [-0.05, 0) is 48.4 Å². The maximum Gasteiger partial charge on any atom is 0.416 e. The molecular weight excluding hydrogens is 567 g/mol. The summed E-state index contributed by atoms with van der Waals surface area (Å²) in [5.74, 6) is 0.417. The van der Waals surface area contributed by atoms with E-state index in [1.54, 1.807) is 11.0 Å². The third-order valence-corrected chi connectivity index (χ3v) is 10.5. The molecule has 3 aromatic rings. The van der Waals surface area contributed by atoms with E-state index in [4.69, 9.17) is 4.74 Å². The van der Waals surface area contributed by atoms with Crippen molar-refractivity contribution in [1.29, 1.82) is 0 Å². The number of rotatable bonds is 9. The van der Waals surface area contributed by atoms with E-state index >= 15 is 0 Å². The Morgan fingerprint density at radius 1 is 0.850 bits per heavy atom. The Kier molecular flexibility index (Phi) is 8.78. The molecular formula is C27H30F3N3O5S2. The maximum atomic E-state index is 13.3. The molecule has 1 aliphatic heterocycles. The number of likely N-dealkylation sites (N-methyl/N-ethyl adjacent to an activating group) is 1. The minimum Gasteiger partial charge on any atom is -0.495 e. The van der Waals surface area contributed by atoms with Crippen molar-refractivity contribution in [2.75, 3.05) is 51.8 Å². The summed E-state index contributed by atoms with van der Waals surface area (Å²) in [5.41, 5.74) is 0.456. The number of methoxy groups -OCH3 is 1. The number of halogens is 3. The molecule has 13 heteroatoms. The van der Waals surface area contributed by atoms with Crippen molar-refractivity contribution in [2.45, 2.75) is 22.4 Å². The fraction of sp³-hybridized carbons (Fsp3) is 0.333. The highest BCUT2D eigenvalue weighted by molar-refractivity contribution is 7.89. The third kappa shape index (κ3) is 6.43. The summed E-state index contributed by atoms with van der Waals surface area (Å²) in [4.78, 5) is 1.44. The second kappa shape index (κ2) is 11.8. The molecule has 0 atom stereocenters. The van der Waals surface area contributed by atoms with Gasteiger partial charge in [0.2, 0.25) is 20.0 Å². The summed E-state index contributed by atoms with van der Waals surface area (Å²) in [6.45, 7) is 0.634. The minimum atomic E-state index is -4.66. The smallest absolute Gasteiger partial charge is 0.416 e. The molecule has 0 aromatic heterocycles. The van der Waals surface area contributed by atoms with Crippen molar-refractivity contribution in [3.63, 3.8) is 0 Å². The Labute approximate surface area is 232 Å². The van der Waals surface area contributed by atoms with E-state index in [1.807, 2.05) is 30.3 Å². The number of benzene rings is 3. The highest BCUT2D eigenvalue weighted by Gasteiger charge is 2.34. The molecule has 0 radical (unpaired) electrons. The average Bonchev–Trinajstić information content (AvgIpc) is 2.95. The Balaban J connectivity index is 1.50.